The summed E-state index contributed by atoms with van der Waals surface area (Å²) in [6.07, 6.45) is 8.44. The lowest BCUT2D eigenvalue weighted by Crippen LogP contribution is -2.33. The minimum Gasteiger partial charge on any atom is -0.360 e. The van der Waals surface area contributed by atoms with Gasteiger partial charge >= 0.3 is 0 Å². The SMILES string of the molecule is CN(CC#Cc1ccc2c(C(=O)NCc3ccc(CN)cc3)cc(-c3c[nH]c4ccc(Br)cc34)nc2c1)C1CCCCC1. The number of H-pyrrole nitrogens is 1. The van der Waals surface area contributed by atoms with E-state index in [0.29, 0.717) is 24.7 Å². The number of nitrogens with one attached hydrogen (secondary N) is 2. The quantitative estimate of drug-likeness (QED) is 0.166. The van der Waals surface area contributed by atoms with E-state index in [2.05, 4.69) is 56.1 Å². The number of carbonyl (C=O) groups is 1. The molecule has 1 aliphatic rings. The Bertz CT molecular complexity index is 1830. The van der Waals surface area contributed by atoms with E-state index in [1.54, 1.807) is 0 Å². The lowest BCUT2D eigenvalue weighted by Gasteiger charge is -2.29. The van der Waals surface area contributed by atoms with Crippen LogP contribution in [0.5, 0.6) is 0 Å². The Morgan fingerprint density at radius 3 is 2.60 bits per heavy atom. The molecule has 2 aromatic heterocycles. The van der Waals surface area contributed by atoms with Crippen molar-refractivity contribution < 1.29 is 4.79 Å². The van der Waals surface area contributed by atoms with Gasteiger partial charge in [-0.3, -0.25) is 9.69 Å². The molecular weight excluding hydrogens is 598 g/mol. The van der Waals surface area contributed by atoms with Crippen LogP contribution < -0.4 is 11.1 Å². The highest BCUT2D eigenvalue weighted by molar-refractivity contribution is 9.10. The van der Waals surface area contributed by atoms with Crippen molar-refractivity contribution in [1.82, 2.24) is 20.2 Å². The fraction of sp³-hybridized carbons (Fsp3) is 0.278. The van der Waals surface area contributed by atoms with Crippen LogP contribution in [0.3, 0.4) is 0 Å². The van der Waals surface area contributed by atoms with Crippen molar-refractivity contribution in [3.63, 3.8) is 0 Å². The Labute approximate surface area is 261 Å². The Balaban J connectivity index is 1.33. The first kappa shape index (κ1) is 29.1. The average Bonchev–Trinajstić information content (AvgIpc) is 3.46. The molecule has 2 heterocycles. The fourth-order valence-electron chi connectivity index (χ4n) is 5.92. The summed E-state index contributed by atoms with van der Waals surface area (Å²) in [6, 6.07) is 22.6. The zero-order valence-electron chi connectivity index (χ0n) is 24.4. The summed E-state index contributed by atoms with van der Waals surface area (Å²) in [4.78, 5) is 24.4. The molecule has 5 aromatic rings. The van der Waals surface area contributed by atoms with Gasteiger partial charge in [-0.2, -0.15) is 0 Å². The van der Waals surface area contributed by atoms with Gasteiger partial charge < -0.3 is 16.0 Å². The van der Waals surface area contributed by atoms with Gasteiger partial charge in [-0.25, -0.2) is 4.98 Å². The van der Waals surface area contributed by atoms with Gasteiger partial charge in [0, 0.05) is 57.2 Å². The lowest BCUT2D eigenvalue weighted by molar-refractivity contribution is 0.0952. The Hall–Kier alpha value is -3.96. The zero-order chi connectivity index (χ0) is 29.8. The van der Waals surface area contributed by atoms with Gasteiger partial charge in [0.1, 0.15) is 0 Å². The molecule has 4 N–H and O–H groups in total. The van der Waals surface area contributed by atoms with Gasteiger partial charge in [-0.05, 0) is 67.4 Å². The van der Waals surface area contributed by atoms with E-state index in [-0.39, 0.29) is 5.91 Å². The normalized spacial score (nSPS) is 13.8. The van der Waals surface area contributed by atoms with E-state index in [0.717, 1.165) is 60.8 Å². The molecular formula is C36H36BrN5O. The van der Waals surface area contributed by atoms with Crippen LogP contribution in [-0.2, 0) is 13.1 Å². The van der Waals surface area contributed by atoms with E-state index in [1.165, 1.54) is 32.1 Å². The van der Waals surface area contributed by atoms with Crippen LogP contribution in [0, 0.1) is 11.8 Å². The molecule has 1 fully saturated rings. The van der Waals surface area contributed by atoms with Crippen molar-refractivity contribution in [2.75, 3.05) is 13.6 Å². The molecule has 43 heavy (non-hydrogen) atoms. The lowest BCUT2D eigenvalue weighted by atomic mass is 9.94. The minimum absolute atomic E-state index is 0.148. The van der Waals surface area contributed by atoms with E-state index >= 15 is 0 Å². The number of halogens is 1. The number of fused-ring (bicyclic) bond motifs is 2. The van der Waals surface area contributed by atoms with Gasteiger partial charge in [0.25, 0.3) is 5.91 Å². The number of carbonyl (C=O) groups excluding carboxylic acids is 1. The second-order valence-electron chi connectivity index (χ2n) is 11.4. The smallest absolute Gasteiger partial charge is 0.252 e. The maximum absolute atomic E-state index is 13.7. The number of pyridine rings is 1. The molecule has 1 amide bonds. The molecule has 0 unspecified atom stereocenters. The molecule has 3 aromatic carbocycles. The topological polar surface area (TPSA) is 87.0 Å². The van der Waals surface area contributed by atoms with Crippen molar-refractivity contribution in [2.45, 2.75) is 51.2 Å². The Kier molecular flexibility index (Phi) is 8.90. The van der Waals surface area contributed by atoms with Crippen LogP contribution in [0.4, 0.5) is 0 Å². The number of aromatic nitrogens is 2. The largest absolute Gasteiger partial charge is 0.360 e. The number of hydrogen-bond donors (Lipinski definition) is 3. The van der Waals surface area contributed by atoms with E-state index < -0.39 is 0 Å². The molecule has 7 heteroatoms. The minimum atomic E-state index is -0.148. The highest BCUT2D eigenvalue weighted by Crippen LogP contribution is 2.32. The number of amides is 1. The van der Waals surface area contributed by atoms with Crippen LogP contribution >= 0.6 is 15.9 Å². The highest BCUT2D eigenvalue weighted by atomic mass is 79.9. The first-order valence-corrected chi connectivity index (χ1v) is 15.7. The van der Waals surface area contributed by atoms with Gasteiger partial charge in [0.15, 0.2) is 0 Å². The molecule has 0 saturated heterocycles. The first-order chi connectivity index (χ1) is 21.0. The van der Waals surface area contributed by atoms with E-state index in [4.69, 9.17) is 10.7 Å². The van der Waals surface area contributed by atoms with Crippen LogP contribution in [0.2, 0.25) is 0 Å². The van der Waals surface area contributed by atoms with Crippen molar-refractivity contribution in [1.29, 1.82) is 0 Å². The van der Waals surface area contributed by atoms with Gasteiger partial charge in [-0.1, -0.05) is 77.4 Å². The predicted molar refractivity (Wildman–Crippen MR) is 179 cm³/mol. The summed E-state index contributed by atoms with van der Waals surface area (Å²) >= 11 is 3.60. The van der Waals surface area contributed by atoms with Crippen molar-refractivity contribution >= 4 is 43.6 Å². The molecule has 1 saturated carbocycles. The monoisotopic (exact) mass is 633 g/mol. The molecule has 0 aliphatic heterocycles. The summed E-state index contributed by atoms with van der Waals surface area (Å²) in [6.45, 7) is 1.65. The number of rotatable bonds is 7. The first-order valence-electron chi connectivity index (χ1n) is 15.0. The van der Waals surface area contributed by atoms with E-state index in [9.17, 15) is 4.79 Å². The molecule has 0 spiro atoms. The molecule has 6 rings (SSSR count). The Morgan fingerprint density at radius 2 is 1.81 bits per heavy atom. The number of nitrogens with zero attached hydrogens (tertiary/aromatic N) is 2. The second-order valence-corrected chi connectivity index (χ2v) is 12.3. The maximum atomic E-state index is 13.7. The van der Waals surface area contributed by atoms with E-state index in [1.807, 2.05) is 66.9 Å². The molecule has 6 nitrogen and oxygen atoms in total. The van der Waals surface area contributed by atoms with Crippen molar-refractivity contribution in [3.05, 3.63) is 99.7 Å². The predicted octanol–water partition coefficient (Wildman–Crippen LogP) is 7.15. The van der Waals surface area contributed by atoms with Gasteiger partial charge in [-0.15, -0.1) is 0 Å². The molecule has 0 radical (unpaired) electrons. The fourth-order valence-corrected chi connectivity index (χ4v) is 6.29. The molecule has 1 aliphatic carbocycles. The van der Waals surface area contributed by atoms with Crippen molar-refractivity contribution in [3.8, 4) is 23.1 Å². The third kappa shape index (κ3) is 6.67. The van der Waals surface area contributed by atoms with Crippen LogP contribution in [0.1, 0.15) is 59.2 Å². The number of benzene rings is 3. The standard InChI is InChI=1S/C36H36BrN5O/c1-42(28-7-3-2-4-8-28)17-5-6-24-13-15-29-31(36(43)40-22-26-11-9-25(21-38)10-12-26)20-35(41-34(29)18-24)32-23-39-33-16-14-27(37)19-30(32)33/h9-16,18-20,23,28,39H,2-4,7-8,17,21-22,38H2,1H3,(H,40,43). The zero-order valence-corrected chi connectivity index (χ0v) is 26.0. The second kappa shape index (κ2) is 13.1. The summed E-state index contributed by atoms with van der Waals surface area (Å²) < 4.78 is 0.982. The van der Waals surface area contributed by atoms with Crippen LogP contribution in [-0.4, -0.2) is 40.4 Å². The third-order valence-corrected chi connectivity index (χ3v) is 8.94. The van der Waals surface area contributed by atoms with Crippen LogP contribution in [0.15, 0.2) is 77.4 Å². The number of nitrogens with two attached hydrogens (primary N) is 1. The maximum Gasteiger partial charge on any atom is 0.252 e. The summed E-state index contributed by atoms with van der Waals surface area (Å²) in [5.74, 6) is 6.57. The van der Waals surface area contributed by atoms with Crippen molar-refractivity contribution in [2.24, 2.45) is 5.73 Å². The number of aromatic amines is 1. The molecule has 0 atom stereocenters. The molecule has 0 bridgehead atoms. The average molecular weight is 635 g/mol. The summed E-state index contributed by atoms with van der Waals surface area (Å²) in [5.41, 5.74) is 12.7. The summed E-state index contributed by atoms with van der Waals surface area (Å²) in [5, 5.41) is 4.94. The summed E-state index contributed by atoms with van der Waals surface area (Å²) in [7, 11) is 2.18. The molecule has 218 valence electrons. The number of hydrogen-bond acceptors (Lipinski definition) is 4. The third-order valence-electron chi connectivity index (χ3n) is 8.45. The van der Waals surface area contributed by atoms with Gasteiger partial charge in [0.05, 0.1) is 23.3 Å². The highest BCUT2D eigenvalue weighted by Gasteiger charge is 2.18. The Morgan fingerprint density at radius 1 is 1.02 bits per heavy atom. The van der Waals surface area contributed by atoms with Crippen LogP contribution in [0.25, 0.3) is 33.1 Å². The van der Waals surface area contributed by atoms with Gasteiger partial charge in [0.2, 0.25) is 0 Å².